The number of aliphatic hydroxyl groups is 1. The largest absolute Gasteiger partial charge is 0.485 e. The van der Waals surface area contributed by atoms with Crippen molar-refractivity contribution in [2.45, 2.75) is 64.1 Å². The number of nitrogens with one attached hydrogen (secondary N) is 2. The maximum Gasteiger partial charge on any atom is 0.317 e. The Bertz CT molecular complexity index is 1440. The van der Waals surface area contributed by atoms with Crippen LogP contribution < -0.4 is 15.4 Å². The van der Waals surface area contributed by atoms with Crippen LogP contribution in [-0.4, -0.2) is 82.7 Å². The summed E-state index contributed by atoms with van der Waals surface area (Å²) < 4.78 is 6.57. The van der Waals surface area contributed by atoms with Crippen LogP contribution in [0.15, 0.2) is 54.0 Å². The Morgan fingerprint density at radius 2 is 1.91 bits per heavy atom. The van der Waals surface area contributed by atoms with Crippen LogP contribution in [0, 0.1) is 5.92 Å². The third kappa shape index (κ3) is 7.22. The SMILES string of the molecule is C[C@@H]1CN([C@H](C)CO)C(=O)c2cccc(NC(=O)c3ccc(-c4nccs4)cc3)c2O[C@H]1CN(C)C(=O)NC1CCCCC1. The predicted octanol–water partition coefficient (Wildman–Crippen LogP) is 5.26. The van der Waals surface area contributed by atoms with Crippen LogP contribution in [0.25, 0.3) is 10.6 Å². The molecule has 10 nitrogen and oxygen atoms in total. The molecule has 0 bridgehead atoms. The molecule has 11 heteroatoms. The molecule has 2 aromatic carbocycles. The number of anilines is 1. The van der Waals surface area contributed by atoms with Crippen molar-refractivity contribution in [3.05, 3.63) is 65.2 Å². The maximum absolute atomic E-state index is 13.8. The number of aliphatic hydroxyl groups excluding tert-OH is 1. The highest BCUT2D eigenvalue weighted by Gasteiger charge is 2.35. The molecule has 1 aromatic heterocycles. The summed E-state index contributed by atoms with van der Waals surface area (Å²) in [6, 6.07) is 11.8. The second-order valence-corrected chi connectivity index (χ2v) is 12.7. The molecule has 44 heavy (non-hydrogen) atoms. The van der Waals surface area contributed by atoms with Crippen LogP contribution in [0.2, 0.25) is 0 Å². The molecule has 3 N–H and O–H groups in total. The second kappa shape index (κ2) is 14.2. The van der Waals surface area contributed by atoms with Gasteiger partial charge in [0.2, 0.25) is 0 Å². The topological polar surface area (TPSA) is 124 Å². The quantitative estimate of drug-likeness (QED) is 0.316. The fourth-order valence-corrected chi connectivity index (χ4v) is 6.41. The molecule has 3 aromatic rings. The monoisotopic (exact) mass is 619 g/mol. The number of amides is 4. The van der Waals surface area contributed by atoms with Crippen LogP contribution in [0.5, 0.6) is 5.75 Å². The van der Waals surface area contributed by atoms with Crippen molar-refractivity contribution in [1.82, 2.24) is 20.1 Å². The van der Waals surface area contributed by atoms with Gasteiger partial charge < -0.3 is 30.3 Å². The summed E-state index contributed by atoms with van der Waals surface area (Å²) in [6.07, 6.45) is 6.65. The lowest BCUT2D eigenvalue weighted by Crippen LogP contribution is -2.52. The van der Waals surface area contributed by atoms with Crippen molar-refractivity contribution in [1.29, 1.82) is 0 Å². The van der Waals surface area contributed by atoms with E-state index < -0.39 is 12.1 Å². The molecule has 2 aliphatic rings. The van der Waals surface area contributed by atoms with E-state index >= 15 is 0 Å². The Morgan fingerprint density at radius 1 is 1.16 bits per heavy atom. The molecule has 0 radical (unpaired) electrons. The van der Waals surface area contributed by atoms with E-state index in [1.165, 1.54) is 17.8 Å². The summed E-state index contributed by atoms with van der Waals surface area (Å²) in [4.78, 5) is 47.9. The van der Waals surface area contributed by atoms with Gasteiger partial charge in [-0.2, -0.15) is 0 Å². The molecule has 2 heterocycles. The Hall–Kier alpha value is -3.96. The Morgan fingerprint density at radius 3 is 2.59 bits per heavy atom. The normalized spacial score (nSPS) is 19.6. The zero-order chi connectivity index (χ0) is 31.2. The molecule has 1 aliphatic heterocycles. The lowest BCUT2D eigenvalue weighted by Gasteiger charge is -2.38. The maximum atomic E-state index is 13.8. The number of ether oxygens (including phenoxy) is 1. The van der Waals surface area contributed by atoms with Gasteiger partial charge in [-0.1, -0.05) is 44.4 Å². The van der Waals surface area contributed by atoms with E-state index in [2.05, 4.69) is 15.6 Å². The molecular formula is C33H41N5O5S. The van der Waals surface area contributed by atoms with Gasteiger partial charge in [0.05, 0.1) is 30.4 Å². The predicted molar refractivity (Wildman–Crippen MR) is 171 cm³/mol. The minimum Gasteiger partial charge on any atom is -0.485 e. The van der Waals surface area contributed by atoms with Crippen LogP contribution in [0.1, 0.15) is 66.7 Å². The van der Waals surface area contributed by atoms with Crippen LogP contribution in [0.3, 0.4) is 0 Å². The third-order valence-corrected chi connectivity index (χ3v) is 9.32. The third-order valence-electron chi connectivity index (χ3n) is 8.50. The van der Waals surface area contributed by atoms with Crippen LogP contribution >= 0.6 is 11.3 Å². The van der Waals surface area contributed by atoms with Crippen molar-refractivity contribution in [3.8, 4) is 16.3 Å². The van der Waals surface area contributed by atoms with E-state index in [0.29, 0.717) is 17.8 Å². The van der Waals surface area contributed by atoms with E-state index in [0.717, 1.165) is 36.3 Å². The van der Waals surface area contributed by atoms with Crippen LogP contribution in [0.4, 0.5) is 10.5 Å². The molecule has 234 valence electrons. The van der Waals surface area contributed by atoms with E-state index in [-0.39, 0.29) is 54.3 Å². The molecule has 0 spiro atoms. The van der Waals surface area contributed by atoms with E-state index in [9.17, 15) is 19.5 Å². The molecular weight excluding hydrogens is 578 g/mol. The van der Waals surface area contributed by atoms with Crippen molar-refractivity contribution in [3.63, 3.8) is 0 Å². The second-order valence-electron chi connectivity index (χ2n) is 11.8. The minimum atomic E-state index is -0.493. The number of fused-ring (bicyclic) bond motifs is 1. The highest BCUT2D eigenvalue weighted by molar-refractivity contribution is 7.13. The number of thiazole rings is 1. The summed E-state index contributed by atoms with van der Waals surface area (Å²) in [5.74, 6) is -0.582. The number of urea groups is 1. The molecule has 0 unspecified atom stereocenters. The molecule has 3 atom stereocenters. The Balaban J connectivity index is 1.40. The average molecular weight is 620 g/mol. The van der Waals surface area contributed by atoms with Gasteiger partial charge in [0, 0.05) is 48.3 Å². The number of likely N-dealkylation sites (N-methyl/N-ethyl adjacent to an activating group) is 1. The number of carbonyl (C=O) groups is 3. The first-order valence-corrected chi connectivity index (χ1v) is 16.2. The summed E-state index contributed by atoms with van der Waals surface area (Å²) in [7, 11) is 1.75. The van der Waals surface area contributed by atoms with Crippen LogP contribution in [-0.2, 0) is 0 Å². The van der Waals surface area contributed by atoms with Crippen molar-refractivity contribution < 1.29 is 24.2 Å². The number of benzene rings is 2. The average Bonchev–Trinajstić information content (AvgIpc) is 3.58. The van der Waals surface area contributed by atoms with Gasteiger partial charge in [-0.15, -0.1) is 11.3 Å². The number of para-hydroxylation sites is 1. The summed E-state index contributed by atoms with van der Waals surface area (Å²) in [5, 5.41) is 18.8. The van der Waals surface area contributed by atoms with Crippen molar-refractivity contribution in [2.75, 3.05) is 32.1 Å². The first kappa shape index (κ1) is 31.5. The first-order valence-electron chi connectivity index (χ1n) is 15.3. The van der Waals surface area contributed by atoms with Gasteiger partial charge >= 0.3 is 6.03 Å². The van der Waals surface area contributed by atoms with E-state index in [1.807, 2.05) is 24.4 Å². The highest BCUT2D eigenvalue weighted by atomic mass is 32.1. The first-order chi connectivity index (χ1) is 21.2. The Labute approximate surface area is 262 Å². The number of hydrogen-bond acceptors (Lipinski definition) is 7. The molecule has 4 amide bonds. The fourth-order valence-electron chi connectivity index (χ4n) is 5.77. The van der Waals surface area contributed by atoms with Gasteiger partial charge in [-0.25, -0.2) is 9.78 Å². The summed E-state index contributed by atoms with van der Waals surface area (Å²) >= 11 is 1.52. The van der Waals surface area contributed by atoms with Gasteiger partial charge in [0.15, 0.2) is 5.75 Å². The smallest absolute Gasteiger partial charge is 0.317 e. The lowest BCUT2D eigenvalue weighted by atomic mass is 9.96. The molecule has 5 rings (SSSR count). The zero-order valence-corrected chi connectivity index (χ0v) is 26.3. The summed E-state index contributed by atoms with van der Waals surface area (Å²) in [6.45, 7) is 4.18. The van der Waals surface area contributed by atoms with Gasteiger partial charge in [-0.3, -0.25) is 9.59 Å². The molecule has 1 aliphatic carbocycles. The zero-order valence-electron chi connectivity index (χ0n) is 25.5. The van der Waals surface area contributed by atoms with E-state index in [4.69, 9.17) is 4.74 Å². The lowest BCUT2D eigenvalue weighted by molar-refractivity contribution is 0.0367. The fraction of sp³-hybridized carbons (Fsp3) is 0.455. The molecule has 1 saturated carbocycles. The summed E-state index contributed by atoms with van der Waals surface area (Å²) in [5.41, 5.74) is 2.00. The number of rotatable bonds is 8. The van der Waals surface area contributed by atoms with Gasteiger partial charge in [0.25, 0.3) is 11.8 Å². The minimum absolute atomic E-state index is 0.158. The standard InChI is InChI=1S/C33H41N5O5S/c1-21-18-38(22(2)20-39)32(41)26-10-7-11-27(36-30(40)23-12-14-24(15-13-23)31-34-16-17-44-31)29(26)43-28(21)19-37(3)33(42)35-25-8-5-4-6-9-25/h7,10-17,21-22,25,28,39H,4-6,8-9,18-20H2,1-3H3,(H,35,42)(H,36,40)/t21-,22-,28+/m1/s1. The number of hydrogen-bond donors (Lipinski definition) is 3. The van der Waals surface area contributed by atoms with Gasteiger partial charge in [-0.05, 0) is 44.0 Å². The molecule has 1 fully saturated rings. The highest BCUT2D eigenvalue weighted by Crippen LogP contribution is 2.35. The molecule has 0 saturated heterocycles. The number of aromatic nitrogens is 1. The van der Waals surface area contributed by atoms with Crippen molar-refractivity contribution in [2.24, 2.45) is 5.92 Å². The Kier molecular flexibility index (Phi) is 10.2. The number of carbonyl (C=O) groups excluding carboxylic acids is 3. The van der Waals surface area contributed by atoms with E-state index in [1.54, 1.807) is 60.3 Å². The van der Waals surface area contributed by atoms with Gasteiger partial charge in [0.1, 0.15) is 11.1 Å². The van der Waals surface area contributed by atoms with Crippen molar-refractivity contribution >= 4 is 34.9 Å². The number of nitrogens with zero attached hydrogens (tertiary/aromatic N) is 3.